The molecule has 3 rings (SSSR count). The molecule has 0 aromatic heterocycles. The summed E-state index contributed by atoms with van der Waals surface area (Å²) in [6.45, 7) is 3.08. The van der Waals surface area contributed by atoms with E-state index in [1.54, 1.807) is 98.7 Å². The molecule has 0 aliphatic rings. The summed E-state index contributed by atoms with van der Waals surface area (Å²) in [5, 5.41) is 18.1. The molecule has 0 aliphatic heterocycles. The Balaban J connectivity index is 1.76. The van der Waals surface area contributed by atoms with Crippen molar-refractivity contribution in [3.8, 4) is 0 Å². The van der Waals surface area contributed by atoms with Crippen molar-refractivity contribution in [2.24, 2.45) is 5.92 Å². The first-order valence-electron chi connectivity index (χ1n) is 15.4. The van der Waals surface area contributed by atoms with Crippen LogP contribution in [0.4, 0.5) is 13.6 Å². The van der Waals surface area contributed by atoms with Crippen LogP contribution in [-0.4, -0.2) is 53.1 Å². The molecule has 3 atom stereocenters. The number of hydrogen-bond donors (Lipinski definition) is 4. The molecule has 11 heteroatoms. The van der Waals surface area contributed by atoms with Crippen molar-refractivity contribution >= 4 is 23.8 Å². The van der Waals surface area contributed by atoms with Gasteiger partial charge in [-0.05, 0) is 59.9 Å². The largest absolute Gasteiger partial charge is 0.445 e. The topological polar surface area (TPSA) is 134 Å². The fourth-order valence-electron chi connectivity index (χ4n) is 4.79. The van der Waals surface area contributed by atoms with Crippen LogP contribution < -0.4 is 16.0 Å². The number of amides is 3. The second kappa shape index (κ2) is 18.3. The molecule has 3 amide bonds. The minimum atomic E-state index is -4.28. The third-order valence-electron chi connectivity index (χ3n) is 7.49. The van der Waals surface area contributed by atoms with Crippen molar-refractivity contribution in [2.45, 2.75) is 76.8 Å². The lowest BCUT2D eigenvalue weighted by atomic mass is 9.94. The van der Waals surface area contributed by atoms with Gasteiger partial charge in [-0.2, -0.15) is 8.78 Å². The summed E-state index contributed by atoms with van der Waals surface area (Å²) in [5.41, 5.74) is 2.77. The van der Waals surface area contributed by atoms with Gasteiger partial charge in [-0.15, -0.1) is 0 Å². The highest BCUT2D eigenvalue weighted by molar-refractivity contribution is 5.87. The predicted molar refractivity (Wildman–Crippen MR) is 173 cm³/mol. The van der Waals surface area contributed by atoms with Gasteiger partial charge in [-0.25, -0.2) is 9.59 Å². The van der Waals surface area contributed by atoms with Gasteiger partial charge in [0.1, 0.15) is 24.7 Å². The number of aliphatic hydroxyl groups is 1. The van der Waals surface area contributed by atoms with Crippen LogP contribution in [0.1, 0.15) is 48.9 Å². The Morgan fingerprint density at radius 2 is 1.47 bits per heavy atom. The number of rotatable bonds is 17. The van der Waals surface area contributed by atoms with Crippen molar-refractivity contribution < 1.29 is 37.8 Å². The zero-order valence-corrected chi connectivity index (χ0v) is 26.5. The first-order valence-corrected chi connectivity index (χ1v) is 15.4. The van der Waals surface area contributed by atoms with Crippen molar-refractivity contribution in [3.05, 3.63) is 113 Å². The van der Waals surface area contributed by atoms with Crippen LogP contribution in [0.25, 0.3) is 0 Å². The van der Waals surface area contributed by atoms with Gasteiger partial charge in [0.05, 0.1) is 6.04 Å². The number of alkyl halides is 2. The molecule has 47 heavy (non-hydrogen) atoms. The van der Waals surface area contributed by atoms with Crippen LogP contribution in [0.2, 0.25) is 0 Å². The van der Waals surface area contributed by atoms with Crippen molar-refractivity contribution in [2.75, 3.05) is 0 Å². The summed E-state index contributed by atoms with van der Waals surface area (Å²) >= 11 is 0. The molecule has 0 saturated heterocycles. The average Bonchev–Trinajstić information content (AvgIpc) is 3.07. The molecule has 0 fully saturated rings. The van der Waals surface area contributed by atoms with Gasteiger partial charge in [0, 0.05) is 6.54 Å². The highest BCUT2D eigenvalue weighted by Crippen LogP contribution is 2.25. The normalized spacial score (nSPS) is 13.1. The summed E-state index contributed by atoms with van der Waals surface area (Å²) in [6.07, 6.45) is -0.387. The van der Waals surface area contributed by atoms with E-state index in [4.69, 9.17) is 4.74 Å². The summed E-state index contributed by atoms with van der Waals surface area (Å²) in [4.78, 5) is 49.1. The third-order valence-corrected chi connectivity index (χ3v) is 7.49. The number of carbonyl (C=O) groups excluding carboxylic acids is 4. The maximum Gasteiger partial charge on any atom is 0.408 e. The Morgan fingerprint density at radius 3 is 2.06 bits per heavy atom. The molecule has 250 valence electrons. The van der Waals surface area contributed by atoms with Crippen molar-refractivity contribution in [1.29, 1.82) is 0 Å². The molecule has 0 radical (unpaired) electrons. The van der Waals surface area contributed by atoms with E-state index in [2.05, 4.69) is 16.0 Å². The number of benzene rings is 3. The molecule has 3 aromatic rings. The van der Waals surface area contributed by atoms with Gasteiger partial charge in [0.15, 0.2) is 0 Å². The minimum Gasteiger partial charge on any atom is -0.445 e. The lowest BCUT2D eigenvalue weighted by Crippen LogP contribution is -2.61. The van der Waals surface area contributed by atoms with Crippen LogP contribution in [0.15, 0.2) is 91.0 Å². The first-order chi connectivity index (χ1) is 22.5. The molecule has 0 heterocycles. The number of halogens is 2. The van der Waals surface area contributed by atoms with Gasteiger partial charge in [0.2, 0.25) is 5.91 Å². The number of nitrogens with one attached hydrogen (secondary N) is 3. The molecule has 4 N–H and O–H groups in total. The van der Waals surface area contributed by atoms with E-state index in [-0.39, 0.29) is 19.6 Å². The summed E-state index contributed by atoms with van der Waals surface area (Å²) < 4.78 is 36.2. The van der Waals surface area contributed by atoms with E-state index in [1.807, 2.05) is 6.07 Å². The highest BCUT2D eigenvalue weighted by Gasteiger charge is 2.50. The van der Waals surface area contributed by atoms with Crippen LogP contribution in [0.3, 0.4) is 0 Å². The minimum absolute atomic E-state index is 0.0471. The maximum atomic E-state index is 15.5. The van der Waals surface area contributed by atoms with Crippen molar-refractivity contribution in [1.82, 2.24) is 16.0 Å². The number of aliphatic hydroxyl groups excluding tert-OH is 1. The molecular weight excluding hydrogens is 608 g/mol. The summed E-state index contributed by atoms with van der Waals surface area (Å²) in [7, 11) is 0. The first kappa shape index (κ1) is 36.6. The Morgan fingerprint density at radius 1 is 0.872 bits per heavy atom. The maximum absolute atomic E-state index is 15.5. The molecule has 3 aromatic carbocycles. The van der Waals surface area contributed by atoms with E-state index < -0.39 is 47.9 Å². The fourth-order valence-corrected chi connectivity index (χ4v) is 4.79. The van der Waals surface area contributed by atoms with Gasteiger partial charge < -0.3 is 25.8 Å². The second-order valence-electron chi connectivity index (χ2n) is 11.5. The number of allylic oxidation sites excluding steroid dienone is 1. The number of unbranched alkanes of at least 4 members (excludes halogenated alkanes) is 1. The Hall–Kier alpha value is -4.86. The SMILES string of the molecule is CC(C)[C@H](NC(=O)OCc1ccccc1)C(=O)NC(Cc1ccc(CCCC=C=O)cc1)C(O)C(F)(F)C(=O)NCc1ccccc1. The molecule has 0 spiro atoms. The molecule has 0 bridgehead atoms. The second-order valence-corrected chi connectivity index (χ2v) is 11.5. The quantitative estimate of drug-likeness (QED) is 0.124. The van der Waals surface area contributed by atoms with Gasteiger partial charge >= 0.3 is 12.0 Å². The van der Waals surface area contributed by atoms with E-state index in [0.29, 0.717) is 30.4 Å². The average molecular weight is 650 g/mol. The molecule has 9 nitrogen and oxygen atoms in total. The van der Waals surface area contributed by atoms with E-state index in [0.717, 1.165) is 11.1 Å². The molecule has 0 aliphatic carbocycles. The summed E-state index contributed by atoms with van der Waals surface area (Å²) in [6, 6.07) is 21.5. The van der Waals surface area contributed by atoms with Gasteiger partial charge in [-0.1, -0.05) is 98.8 Å². The zero-order chi connectivity index (χ0) is 34.2. The van der Waals surface area contributed by atoms with Crippen LogP contribution in [-0.2, 0) is 45.1 Å². The Bertz CT molecular complexity index is 1480. The smallest absolute Gasteiger partial charge is 0.408 e. The number of alkyl carbamates (subject to hydrolysis) is 1. The zero-order valence-electron chi connectivity index (χ0n) is 26.5. The van der Waals surface area contributed by atoms with Crippen LogP contribution in [0.5, 0.6) is 0 Å². The lowest BCUT2D eigenvalue weighted by molar-refractivity contribution is -0.168. The predicted octanol–water partition coefficient (Wildman–Crippen LogP) is 4.69. The number of hydrogen-bond acceptors (Lipinski definition) is 6. The fraction of sp³-hybridized carbons (Fsp3) is 0.361. The van der Waals surface area contributed by atoms with Crippen molar-refractivity contribution in [3.63, 3.8) is 0 Å². The molecular formula is C36H41F2N3O6. The molecule has 2 unspecified atom stereocenters. The lowest BCUT2D eigenvalue weighted by Gasteiger charge is -2.31. The van der Waals surface area contributed by atoms with Crippen LogP contribution >= 0.6 is 0 Å². The van der Waals surface area contributed by atoms with Gasteiger partial charge in [0.25, 0.3) is 5.91 Å². The molecule has 0 saturated carbocycles. The standard InChI is InChI=1S/C36H41F2N3O6/c1-25(2)31(41-35(46)47-24-29-15-8-4-9-16-29)33(44)40-30(22-27-19-17-26(18-20-27)12-10-5-11-21-42)32(43)36(37,38)34(45)39-23-28-13-6-3-7-14-28/h3-4,6-9,11,13-20,25,30-32,43H,5,10,12,22-24H2,1-2H3,(H,39,45)(H,40,44)(H,41,46)/t30?,31-,32?/m0/s1. The number of aryl methyl sites for hydroxylation is 1. The number of carbonyl (C=O) groups is 3. The van der Waals surface area contributed by atoms with E-state index >= 15 is 8.78 Å². The van der Waals surface area contributed by atoms with Gasteiger partial charge in [-0.3, -0.25) is 9.59 Å². The Labute approximate surface area is 273 Å². The number of ether oxygens (including phenoxy) is 1. The van der Waals surface area contributed by atoms with Crippen LogP contribution in [0, 0.1) is 5.92 Å². The summed E-state index contributed by atoms with van der Waals surface area (Å²) in [5.74, 6) is -5.57. The highest BCUT2D eigenvalue weighted by atomic mass is 19.3. The third kappa shape index (κ3) is 11.8. The Kier molecular flexibility index (Phi) is 14.3. The van der Waals surface area contributed by atoms with E-state index in [9.17, 15) is 24.3 Å². The van der Waals surface area contributed by atoms with E-state index in [1.165, 1.54) is 6.08 Å². The monoisotopic (exact) mass is 649 g/mol.